The maximum absolute atomic E-state index is 11.6. The number of amides is 4. The van der Waals surface area contributed by atoms with Crippen molar-refractivity contribution in [2.24, 2.45) is 0 Å². The van der Waals surface area contributed by atoms with Crippen molar-refractivity contribution in [2.45, 2.75) is 38.6 Å². The minimum absolute atomic E-state index is 0.00453. The molecule has 21 heavy (non-hydrogen) atoms. The van der Waals surface area contributed by atoms with Crippen LogP contribution < -0.4 is 5.32 Å². The number of hydrogen-bond donors (Lipinski definition) is 2. The lowest BCUT2D eigenvalue weighted by Gasteiger charge is -2.15. The molecule has 1 heterocycles. The topological polar surface area (TPSA) is 107 Å². The third-order valence-electron chi connectivity index (χ3n) is 3.22. The highest BCUT2D eigenvalue weighted by atomic mass is 16.4. The molecule has 0 radical (unpaired) electrons. The number of carboxylic acids is 1. The van der Waals surface area contributed by atoms with Crippen molar-refractivity contribution in [3.8, 4) is 0 Å². The number of rotatable bonds is 8. The molecular formula is C13H21N3O5. The highest BCUT2D eigenvalue weighted by Crippen LogP contribution is 2.09. The van der Waals surface area contributed by atoms with Gasteiger partial charge >= 0.3 is 12.0 Å². The molecule has 0 aromatic heterocycles. The first-order valence-corrected chi connectivity index (χ1v) is 6.88. The van der Waals surface area contributed by atoms with Crippen molar-refractivity contribution in [2.75, 3.05) is 20.1 Å². The first kappa shape index (κ1) is 16.9. The molecule has 1 rings (SSSR count). The van der Waals surface area contributed by atoms with Crippen LogP contribution in [0.4, 0.5) is 4.79 Å². The van der Waals surface area contributed by atoms with Gasteiger partial charge in [0.25, 0.3) is 0 Å². The number of nitrogens with zero attached hydrogens (tertiary/aromatic N) is 2. The highest BCUT2D eigenvalue weighted by molar-refractivity contribution is 6.01. The average molecular weight is 299 g/mol. The quantitative estimate of drug-likeness (QED) is 0.615. The predicted molar refractivity (Wildman–Crippen MR) is 73.4 cm³/mol. The summed E-state index contributed by atoms with van der Waals surface area (Å²) >= 11 is 0. The van der Waals surface area contributed by atoms with E-state index in [2.05, 4.69) is 5.32 Å². The van der Waals surface area contributed by atoms with Gasteiger partial charge in [0.2, 0.25) is 11.8 Å². The summed E-state index contributed by atoms with van der Waals surface area (Å²) < 4.78 is 0. The van der Waals surface area contributed by atoms with Crippen LogP contribution in [0.5, 0.6) is 0 Å². The Morgan fingerprint density at radius 3 is 2.52 bits per heavy atom. The number of hydrogen-bond acceptors (Lipinski definition) is 4. The Kier molecular flexibility index (Phi) is 6.13. The first-order valence-electron chi connectivity index (χ1n) is 6.88. The molecule has 4 amide bonds. The number of carboxylic acid groups (broad SMARTS) is 1. The van der Waals surface area contributed by atoms with E-state index in [1.807, 2.05) is 0 Å². The fraction of sp³-hybridized carbons (Fsp3) is 0.692. The van der Waals surface area contributed by atoms with Crippen LogP contribution in [-0.2, 0) is 14.4 Å². The fourth-order valence-corrected chi connectivity index (χ4v) is 2.05. The molecule has 1 atom stereocenters. The van der Waals surface area contributed by atoms with Crippen molar-refractivity contribution in [1.29, 1.82) is 0 Å². The van der Waals surface area contributed by atoms with Gasteiger partial charge in [-0.1, -0.05) is 0 Å². The molecule has 2 N–H and O–H groups in total. The number of likely N-dealkylation sites (N-methyl/N-ethyl adjacent to an activating group) is 1. The molecule has 0 aliphatic carbocycles. The van der Waals surface area contributed by atoms with Crippen molar-refractivity contribution in [3.05, 3.63) is 0 Å². The number of urea groups is 1. The smallest absolute Gasteiger partial charge is 0.326 e. The molecule has 1 aliphatic heterocycles. The van der Waals surface area contributed by atoms with Gasteiger partial charge in [-0.3, -0.25) is 19.3 Å². The van der Waals surface area contributed by atoms with Crippen LogP contribution in [0, 0.1) is 0 Å². The Bertz CT molecular complexity index is 438. The van der Waals surface area contributed by atoms with Crippen LogP contribution in [0.2, 0.25) is 0 Å². The van der Waals surface area contributed by atoms with Crippen LogP contribution in [-0.4, -0.2) is 64.9 Å². The summed E-state index contributed by atoms with van der Waals surface area (Å²) in [5.41, 5.74) is 0. The lowest BCUT2D eigenvalue weighted by Crippen LogP contribution is -2.35. The van der Waals surface area contributed by atoms with E-state index in [1.54, 1.807) is 14.0 Å². The van der Waals surface area contributed by atoms with Crippen molar-refractivity contribution < 1.29 is 24.3 Å². The summed E-state index contributed by atoms with van der Waals surface area (Å²) in [4.78, 5) is 47.6. The second-order valence-corrected chi connectivity index (χ2v) is 5.19. The van der Waals surface area contributed by atoms with E-state index in [9.17, 15) is 19.2 Å². The number of carbonyl (C=O) groups excluding carboxylic acids is 3. The van der Waals surface area contributed by atoms with Gasteiger partial charge in [0, 0.05) is 32.5 Å². The zero-order chi connectivity index (χ0) is 16.0. The number of aliphatic carboxylic acids is 1. The summed E-state index contributed by atoms with van der Waals surface area (Å²) in [5.74, 6) is -1.36. The summed E-state index contributed by atoms with van der Waals surface area (Å²) in [7, 11) is 1.55. The van der Waals surface area contributed by atoms with Crippen LogP contribution in [0.15, 0.2) is 0 Å². The van der Waals surface area contributed by atoms with Gasteiger partial charge in [-0.25, -0.2) is 4.79 Å². The molecule has 1 aliphatic rings. The Labute approximate surface area is 123 Å². The van der Waals surface area contributed by atoms with Gasteiger partial charge in [-0.15, -0.1) is 0 Å². The maximum Gasteiger partial charge on any atom is 0.326 e. The van der Waals surface area contributed by atoms with Crippen LogP contribution in [0.1, 0.15) is 32.6 Å². The minimum atomic E-state index is -0.897. The number of nitrogens with one attached hydrogen (secondary N) is 1. The summed E-state index contributed by atoms with van der Waals surface area (Å²) in [6.45, 7) is 2.04. The van der Waals surface area contributed by atoms with E-state index in [-0.39, 0.29) is 49.8 Å². The molecule has 0 bridgehead atoms. The largest absolute Gasteiger partial charge is 0.481 e. The monoisotopic (exact) mass is 299 g/mol. The zero-order valence-electron chi connectivity index (χ0n) is 12.3. The third-order valence-corrected chi connectivity index (χ3v) is 3.22. The predicted octanol–water partition coefficient (Wildman–Crippen LogP) is 0.0301. The van der Waals surface area contributed by atoms with E-state index < -0.39 is 5.97 Å². The average Bonchev–Trinajstić information content (AvgIpc) is 2.62. The van der Waals surface area contributed by atoms with E-state index in [4.69, 9.17) is 5.11 Å². The van der Waals surface area contributed by atoms with Gasteiger partial charge < -0.3 is 15.3 Å². The van der Waals surface area contributed by atoms with E-state index in [1.165, 1.54) is 4.90 Å². The van der Waals surface area contributed by atoms with Crippen LogP contribution in [0.3, 0.4) is 0 Å². The van der Waals surface area contributed by atoms with Crippen molar-refractivity contribution >= 4 is 23.8 Å². The van der Waals surface area contributed by atoms with Crippen LogP contribution in [0.25, 0.3) is 0 Å². The number of imide groups is 1. The zero-order valence-corrected chi connectivity index (χ0v) is 12.3. The van der Waals surface area contributed by atoms with Gasteiger partial charge in [-0.2, -0.15) is 0 Å². The van der Waals surface area contributed by atoms with Crippen molar-refractivity contribution in [3.63, 3.8) is 0 Å². The molecular weight excluding hydrogens is 278 g/mol. The lowest BCUT2D eigenvalue weighted by molar-refractivity contribution is -0.137. The standard InChI is InChI=1S/C13H21N3O5/c1-9(5-6-12(19)20)14-10(17)4-3-7-16-11(18)8-15(2)13(16)21/h9H,3-8H2,1-2H3,(H,14,17)(H,19,20). The van der Waals surface area contributed by atoms with E-state index >= 15 is 0 Å². The molecule has 8 heteroatoms. The Morgan fingerprint density at radius 1 is 1.33 bits per heavy atom. The van der Waals surface area contributed by atoms with Gasteiger partial charge in [0.05, 0.1) is 0 Å². The Balaban J connectivity index is 2.23. The molecule has 8 nitrogen and oxygen atoms in total. The number of carbonyl (C=O) groups is 4. The van der Waals surface area contributed by atoms with Gasteiger partial charge in [-0.05, 0) is 19.8 Å². The SMILES string of the molecule is CC(CCC(=O)O)NC(=O)CCCN1C(=O)CN(C)C1=O. The van der Waals surface area contributed by atoms with Gasteiger partial charge in [0.1, 0.15) is 6.54 Å². The second-order valence-electron chi connectivity index (χ2n) is 5.19. The van der Waals surface area contributed by atoms with E-state index in [0.29, 0.717) is 12.8 Å². The third kappa shape index (κ3) is 5.41. The lowest BCUT2D eigenvalue weighted by atomic mass is 10.1. The minimum Gasteiger partial charge on any atom is -0.481 e. The summed E-state index contributed by atoms with van der Waals surface area (Å²) in [5, 5.41) is 11.2. The Hall–Kier alpha value is -2.12. The molecule has 118 valence electrons. The van der Waals surface area contributed by atoms with Crippen molar-refractivity contribution in [1.82, 2.24) is 15.1 Å². The molecule has 1 saturated heterocycles. The Morgan fingerprint density at radius 2 is 2.00 bits per heavy atom. The highest BCUT2D eigenvalue weighted by Gasteiger charge is 2.32. The molecule has 0 aromatic rings. The summed E-state index contributed by atoms with van der Waals surface area (Å²) in [6.07, 6.45) is 0.959. The second kappa shape index (κ2) is 7.61. The van der Waals surface area contributed by atoms with Crippen LogP contribution >= 0.6 is 0 Å². The first-order chi connectivity index (χ1) is 9.81. The molecule has 1 unspecified atom stereocenters. The molecule has 0 aromatic carbocycles. The fourth-order valence-electron chi connectivity index (χ4n) is 2.05. The molecule has 0 spiro atoms. The maximum atomic E-state index is 11.6. The van der Waals surface area contributed by atoms with E-state index in [0.717, 1.165) is 4.90 Å². The normalized spacial score (nSPS) is 16.3. The molecule has 0 saturated carbocycles. The summed E-state index contributed by atoms with van der Waals surface area (Å²) in [6, 6.07) is -0.551. The van der Waals surface area contributed by atoms with Gasteiger partial charge in [0.15, 0.2) is 0 Å². The molecule has 1 fully saturated rings.